The van der Waals surface area contributed by atoms with Gasteiger partial charge in [-0.3, -0.25) is 0 Å². The van der Waals surface area contributed by atoms with Crippen molar-refractivity contribution in [1.82, 2.24) is 5.32 Å². The van der Waals surface area contributed by atoms with Gasteiger partial charge < -0.3 is 10.1 Å². The third kappa shape index (κ3) is 2.50. The largest absolute Gasteiger partial charge is 0.381 e. The molecule has 2 nitrogen and oxygen atoms in total. The summed E-state index contributed by atoms with van der Waals surface area (Å²) >= 11 is 0. The number of rotatable bonds is 5. The number of nitrogens with one attached hydrogen (secondary N) is 1. The summed E-state index contributed by atoms with van der Waals surface area (Å²) in [7, 11) is 0. The van der Waals surface area contributed by atoms with Crippen LogP contribution in [0.5, 0.6) is 0 Å². The summed E-state index contributed by atoms with van der Waals surface area (Å²) < 4.78 is 5.56. The Bertz CT molecular complexity index is 368. The van der Waals surface area contributed by atoms with Gasteiger partial charge in [0, 0.05) is 24.7 Å². The van der Waals surface area contributed by atoms with Crippen molar-refractivity contribution >= 4 is 0 Å². The van der Waals surface area contributed by atoms with Gasteiger partial charge in [-0.25, -0.2) is 0 Å². The molecule has 1 fully saturated rings. The summed E-state index contributed by atoms with van der Waals surface area (Å²) in [5, 5.41) is 3.57. The molecule has 0 saturated carbocycles. The van der Waals surface area contributed by atoms with E-state index in [0.29, 0.717) is 6.04 Å². The topological polar surface area (TPSA) is 21.3 Å². The van der Waals surface area contributed by atoms with Gasteiger partial charge in [0.05, 0.1) is 0 Å². The monoisotopic (exact) mass is 245 g/mol. The minimum atomic E-state index is 0.136. The highest BCUT2D eigenvalue weighted by Crippen LogP contribution is 2.38. The SMILES string of the molecule is C=CC(NCC)C1(c2ccccc2)CCOCC1. The van der Waals surface area contributed by atoms with Gasteiger partial charge in [-0.2, -0.15) is 0 Å². The first-order valence-corrected chi connectivity index (χ1v) is 6.82. The molecule has 0 aromatic heterocycles. The fourth-order valence-electron chi connectivity index (χ4n) is 3.01. The molecule has 1 aliphatic rings. The summed E-state index contributed by atoms with van der Waals surface area (Å²) in [5.74, 6) is 0. The molecule has 0 spiro atoms. The lowest BCUT2D eigenvalue weighted by Crippen LogP contribution is -2.50. The predicted octanol–water partition coefficient (Wildman–Crippen LogP) is 2.90. The molecule has 1 saturated heterocycles. The Kier molecular flexibility index (Phi) is 4.56. The Morgan fingerprint density at radius 2 is 2.00 bits per heavy atom. The zero-order valence-corrected chi connectivity index (χ0v) is 11.2. The standard InChI is InChI=1S/C16H23NO/c1-3-15(17-4-2)16(10-12-18-13-11-16)14-8-6-5-7-9-14/h3,5-9,15,17H,1,4,10-13H2,2H3. The molecule has 1 N–H and O–H groups in total. The molecule has 2 heteroatoms. The number of ether oxygens (including phenoxy) is 1. The Morgan fingerprint density at radius 3 is 2.56 bits per heavy atom. The van der Waals surface area contributed by atoms with Crippen LogP contribution >= 0.6 is 0 Å². The van der Waals surface area contributed by atoms with Crippen molar-refractivity contribution in [2.75, 3.05) is 19.8 Å². The van der Waals surface area contributed by atoms with Crippen molar-refractivity contribution in [1.29, 1.82) is 0 Å². The van der Waals surface area contributed by atoms with E-state index in [4.69, 9.17) is 4.74 Å². The van der Waals surface area contributed by atoms with E-state index in [-0.39, 0.29) is 5.41 Å². The van der Waals surface area contributed by atoms with Gasteiger partial charge in [0.1, 0.15) is 0 Å². The van der Waals surface area contributed by atoms with Gasteiger partial charge in [0.25, 0.3) is 0 Å². The molecule has 0 amide bonds. The van der Waals surface area contributed by atoms with Crippen LogP contribution in [0.3, 0.4) is 0 Å². The second kappa shape index (κ2) is 6.17. The molecule has 0 radical (unpaired) electrons. The molecule has 0 bridgehead atoms. The molecule has 0 aliphatic carbocycles. The highest BCUT2D eigenvalue weighted by atomic mass is 16.5. The first kappa shape index (κ1) is 13.3. The summed E-state index contributed by atoms with van der Waals surface area (Å²) in [5.41, 5.74) is 1.54. The quantitative estimate of drug-likeness (QED) is 0.805. The zero-order valence-electron chi connectivity index (χ0n) is 11.2. The Morgan fingerprint density at radius 1 is 1.33 bits per heavy atom. The van der Waals surface area contributed by atoms with E-state index >= 15 is 0 Å². The summed E-state index contributed by atoms with van der Waals surface area (Å²) in [6.07, 6.45) is 4.17. The lowest BCUT2D eigenvalue weighted by molar-refractivity contribution is 0.0412. The van der Waals surface area contributed by atoms with Crippen molar-refractivity contribution in [3.8, 4) is 0 Å². The highest BCUT2D eigenvalue weighted by molar-refractivity contribution is 5.30. The van der Waals surface area contributed by atoms with Gasteiger partial charge in [0.2, 0.25) is 0 Å². The maximum Gasteiger partial charge on any atom is 0.0475 e. The van der Waals surface area contributed by atoms with Crippen molar-refractivity contribution in [2.24, 2.45) is 0 Å². The van der Waals surface area contributed by atoms with Gasteiger partial charge in [0.15, 0.2) is 0 Å². The maximum atomic E-state index is 5.56. The molecular weight excluding hydrogens is 222 g/mol. The van der Waals surface area contributed by atoms with Gasteiger partial charge >= 0.3 is 0 Å². The van der Waals surface area contributed by atoms with Crippen LogP contribution in [0.1, 0.15) is 25.3 Å². The van der Waals surface area contributed by atoms with E-state index in [0.717, 1.165) is 32.6 Å². The molecule has 1 aromatic carbocycles. The number of hydrogen-bond donors (Lipinski definition) is 1. The van der Waals surface area contributed by atoms with Crippen LogP contribution in [0, 0.1) is 0 Å². The minimum absolute atomic E-state index is 0.136. The van der Waals surface area contributed by atoms with Crippen molar-refractivity contribution in [2.45, 2.75) is 31.2 Å². The van der Waals surface area contributed by atoms with Gasteiger partial charge in [-0.15, -0.1) is 6.58 Å². The predicted molar refractivity (Wildman–Crippen MR) is 75.8 cm³/mol. The smallest absolute Gasteiger partial charge is 0.0475 e. The van der Waals surface area contributed by atoms with E-state index in [1.54, 1.807) is 0 Å². The second-order valence-electron chi connectivity index (χ2n) is 4.91. The van der Waals surface area contributed by atoms with Crippen LogP contribution in [0.2, 0.25) is 0 Å². The lowest BCUT2D eigenvalue weighted by Gasteiger charge is -2.43. The number of hydrogen-bond acceptors (Lipinski definition) is 2. The van der Waals surface area contributed by atoms with E-state index in [2.05, 4.69) is 55.2 Å². The van der Waals surface area contributed by atoms with Gasteiger partial charge in [-0.05, 0) is 24.9 Å². The van der Waals surface area contributed by atoms with Crippen molar-refractivity contribution in [3.05, 3.63) is 48.6 Å². The van der Waals surface area contributed by atoms with E-state index in [1.807, 2.05) is 0 Å². The maximum absolute atomic E-state index is 5.56. The average molecular weight is 245 g/mol. The fraction of sp³-hybridized carbons (Fsp3) is 0.500. The highest BCUT2D eigenvalue weighted by Gasteiger charge is 2.39. The Balaban J connectivity index is 2.36. The number of benzene rings is 1. The minimum Gasteiger partial charge on any atom is -0.381 e. The molecule has 1 unspecified atom stereocenters. The summed E-state index contributed by atoms with van der Waals surface area (Å²) in [6.45, 7) is 8.81. The molecular formula is C16H23NO. The van der Waals surface area contributed by atoms with E-state index < -0.39 is 0 Å². The van der Waals surface area contributed by atoms with Crippen LogP contribution in [0.25, 0.3) is 0 Å². The molecule has 1 atom stereocenters. The summed E-state index contributed by atoms with van der Waals surface area (Å²) in [6, 6.07) is 11.1. The normalized spacial score (nSPS) is 20.3. The third-order valence-corrected chi connectivity index (χ3v) is 3.99. The second-order valence-corrected chi connectivity index (χ2v) is 4.91. The fourth-order valence-corrected chi connectivity index (χ4v) is 3.01. The molecule has 1 aliphatic heterocycles. The van der Waals surface area contributed by atoms with Crippen LogP contribution in [0.4, 0.5) is 0 Å². The van der Waals surface area contributed by atoms with E-state index in [1.165, 1.54) is 5.56 Å². The Labute approximate surface area is 110 Å². The van der Waals surface area contributed by atoms with Crippen LogP contribution < -0.4 is 5.32 Å². The van der Waals surface area contributed by atoms with Crippen molar-refractivity contribution < 1.29 is 4.74 Å². The van der Waals surface area contributed by atoms with Gasteiger partial charge in [-0.1, -0.05) is 43.3 Å². The first-order chi connectivity index (χ1) is 8.83. The third-order valence-electron chi connectivity index (χ3n) is 3.99. The molecule has 1 heterocycles. The van der Waals surface area contributed by atoms with Crippen LogP contribution in [-0.2, 0) is 10.2 Å². The lowest BCUT2D eigenvalue weighted by atomic mass is 9.68. The molecule has 1 aromatic rings. The zero-order chi connectivity index (χ0) is 12.8. The number of likely N-dealkylation sites (N-methyl/N-ethyl adjacent to an activating group) is 1. The molecule has 18 heavy (non-hydrogen) atoms. The molecule has 2 rings (SSSR count). The van der Waals surface area contributed by atoms with Crippen LogP contribution in [0.15, 0.2) is 43.0 Å². The average Bonchev–Trinajstić information content (AvgIpc) is 2.46. The summed E-state index contributed by atoms with van der Waals surface area (Å²) in [4.78, 5) is 0. The molecule has 98 valence electrons. The Hall–Kier alpha value is -1.12. The van der Waals surface area contributed by atoms with Crippen LogP contribution in [-0.4, -0.2) is 25.8 Å². The van der Waals surface area contributed by atoms with Crippen molar-refractivity contribution in [3.63, 3.8) is 0 Å². The first-order valence-electron chi connectivity index (χ1n) is 6.82. The van der Waals surface area contributed by atoms with E-state index in [9.17, 15) is 0 Å².